The fourth-order valence-corrected chi connectivity index (χ4v) is 1.34. The molecule has 0 saturated carbocycles. The summed E-state index contributed by atoms with van der Waals surface area (Å²) < 4.78 is 26.2. The summed E-state index contributed by atoms with van der Waals surface area (Å²) in [4.78, 5) is 0. The van der Waals surface area contributed by atoms with E-state index in [1.807, 2.05) is 20.8 Å². The van der Waals surface area contributed by atoms with Crippen molar-refractivity contribution in [3.05, 3.63) is 29.6 Å². The summed E-state index contributed by atoms with van der Waals surface area (Å²) in [6.07, 6.45) is 1.46. The smallest absolute Gasteiger partial charge is 0.147 e. The van der Waals surface area contributed by atoms with Crippen LogP contribution in [0.3, 0.4) is 0 Å². The summed E-state index contributed by atoms with van der Waals surface area (Å²) in [5, 5.41) is 0. The van der Waals surface area contributed by atoms with Gasteiger partial charge in [-0.2, -0.15) is 0 Å². The van der Waals surface area contributed by atoms with Gasteiger partial charge >= 0.3 is 0 Å². The number of aryl methyl sites for hydroxylation is 1. The highest BCUT2D eigenvalue weighted by molar-refractivity contribution is 7.85. The monoisotopic (exact) mass is 217 g/mol. The second kappa shape index (κ2) is 6.54. The SMILES string of the molecule is CC.Cc1ccc(F)c(NS(C)=O)c1. The van der Waals surface area contributed by atoms with Crippen molar-refractivity contribution in [1.82, 2.24) is 0 Å². The van der Waals surface area contributed by atoms with Crippen molar-refractivity contribution in [2.24, 2.45) is 0 Å². The highest BCUT2D eigenvalue weighted by Gasteiger charge is 2.01. The van der Waals surface area contributed by atoms with Gasteiger partial charge in [-0.1, -0.05) is 19.9 Å². The first-order chi connectivity index (χ1) is 6.59. The van der Waals surface area contributed by atoms with Crippen LogP contribution in [0.5, 0.6) is 0 Å². The molecule has 0 aliphatic rings. The number of rotatable bonds is 2. The Balaban J connectivity index is 0.000000791. The molecule has 0 spiro atoms. The molecule has 0 saturated heterocycles. The van der Waals surface area contributed by atoms with Gasteiger partial charge in [0.2, 0.25) is 0 Å². The van der Waals surface area contributed by atoms with E-state index in [2.05, 4.69) is 4.72 Å². The molecular formula is C10H16FNOS. The summed E-state index contributed by atoms with van der Waals surface area (Å²) in [6.45, 7) is 5.85. The summed E-state index contributed by atoms with van der Waals surface area (Å²) in [6, 6.07) is 4.64. The molecule has 0 aliphatic heterocycles. The van der Waals surface area contributed by atoms with Gasteiger partial charge in [0, 0.05) is 6.26 Å². The van der Waals surface area contributed by atoms with Gasteiger partial charge in [0.15, 0.2) is 0 Å². The number of hydrogen-bond acceptors (Lipinski definition) is 1. The summed E-state index contributed by atoms with van der Waals surface area (Å²) in [5.74, 6) is -0.379. The molecule has 0 radical (unpaired) electrons. The zero-order valence-electron chi connectivity index (χ0n) is 8.93. The van der Waals surface area contributed by atoms with Gasteiger partial charge < -0.3 is 4.72 Å². The third kappa shape index (κ3) is 4.37. The molecule has 14 heavy (non-hydrogen) atoms. The van der Waals surface area contributed by atoms with E-state index in [1.54, 1.807) is 12.1 Å². The van der Waals surface area contributed by atoms with Gasteiger partial charge in [0.05, 0.1) is 5.69 Å². The zero-order chi connectivity index (χ0) is 11.1. The lowest BCUT2D eigenvalue weighted by atomic mass is 10.2. The van der Waals surface area contributed by atoms with E-state index in [0.29, 0.717) is 0 Å². The highest BCUT2D eigenvalue weighted by Crippen LogP contribution is 2.15. The minimum Gasteiger partial charge on any atom is -0.303 e. The average Bonchev–Trinajstić information content (AvgIpc) is 2.14. The van der Waals surface area contributed by atoms with Crippen LogP contribution in [0.25, 0.3) is 0 Å². The van der Waals surface area contributed by atoms with E-state index in [1.165, 1.54) is 12.3 Å². The van der Waals surface area contributed by atoms with Gasteiger partial charge in [-0.15, -0.1) is 0 Å². The Morgan fingerprint density at radius 1 is 1.36 bits per heavy atom. The molecular weight excluding hydrogens is 201 g/mol. The van der Waals surface area contributed by atoms with Crippen LogP contribution in [0.4, 0.5) is 10.1 Å². The summed E-state index contributed by atoms with van der Waals surface area (Å²) in [7, 11) is -1.23. The minimum absolute atomic E-state index is 0.288. The molecule has 0 heterocycles. The van der Waals surface area contributed by atoms with E-state index < -0.39 is 11.0 Å². The van der Waals surface area contributed by atoms with Crippen molar-refractivity contribution in [3.8, 4) is 0 Å². The van der Waals surface area contributed by atoms with Crippen molar-refractivity contribution in [1.29, 1.82) is 0 Å². The van der Waals surface area contributed by atoms with Crippen LogP contribution in [0.15, 0.2) is 18.2 Å². The molecule has 1 aromatic rings. The van der Waals surface area contributed by atoms with Crippen LogP contribution in [-0.4, -0.2) is 10.5 Å². The maximum absolute atomic E-state index is 12.9. The van der Waals surface area contributed by atoms with Gasteiger partial charge in [-0.05, 0) is 24.6 Å². The largest absolute Gasteiger partial charge is 0.303 e. The molecule has 1 atom stereocenters. The van der Waals surface area contributed by atoms with Crippen molar-refractivity contribution < 1.29 is 8.60 Å². The molecule has 1 aromatic carbocycles. The van der Waals surface area contributed by atoms with Crippen LogP contribution in [0.1, 0.15) is 19.4 Å². The number of benzene rings is 1. The van der Waals surface area contributed by atoms with Crippen molar-refractivity contribution in [2.75, 3.05) is 11.0 Å². The first-order valence-corrected chi connectivity index (χ1v) is 6.01. The van der Waals surface area contributed by atoms with Crippen molar-refractivity contribution >= 4 is 16.7 Å². The molecule has 1 rings (SSSR count). The molecule has 0 fully saturated rings. The molecule has 0 bridgehead atoms. The maximum Gasteiger partial charge on any atom is 0.147 e. The third-order valence-electron chi connectivity index (χ3n) is 1.38. The number of anilines is 1. The van der Waals surface area contributed by atoms with E-state index >= 15 is 0 Å². The Labute approximate surface area is 87.1 Å². The van der Waals surface area contributed by atoms with E-state index in [-0.39, 0.29) is 11.5 Å². The highest BCUT2D eigenvalue weighted by atomic mass is 32.2. The lowest BCUT2D eigenvalue weighted by Crippen LogP contribution is -2.03. The Morgan fingerprint density at radius 2 is 1.93 bits per heavy atom. The molecule has 0 amide bonds. The van der Waals surface area contributed by atoms with Crippen LogP contribution in [0.2, 0.25) is 0 Å². The fraction of sp³-hybridized carbons (Fsp3) is 0.400. The topological polar surface area (TPSA) is 29.1 Å². The van der Waals surface area contributed by atoms with Crippen molar-refractivity contribution in [3.63, 3.8) is 0 Å². The standard InChI is InChI=1S/C8H10FNOS.C2H6/c1-6-3-4-7(9)8(5-6)10-12(2)11;1-2/h3-5,10H,1-2H3;1-2H3. The number of nitrogens with one attached hydrogen (secondary N) is 1. The van der Waals surface area contributed by atoms with E-state index in [0.717, 1.165) is 5.56 Å². The minimum atomic E-state index is -1.23. The first-order valence-electron chi connectivity index (χ1n) is 4.46. The van der Waals surface area contributed by atoms with E-state index in [4.69, 9.17) is 0 Å². The number of halogens is 1. The zero-order valence-corrected chi connectivity index (χ0v) is 9.74. The van der Waals surface area contributed by atoms with Crippen LogP contribution in [0, 0.1) is 12.7 Å². The predicted molar refractivity (Wildman–Crippen MR) is 60.2 cm³/mol. The fourth-order valence-electron chi connectivity index (χ4n) is 0.872. The second-order valence-electron chi connectivity index (χ2n) is 2.54. The Hall–Kier alpha value is -0.900. The Kier molecular flexibility index (Phi) is 6.12. The summed E-state index contributed by atoms with van der Waals surface area (Å²) in [5.41, 5.74) is 1.22. The average molecular weight is 217 g/mol. The van der Waals surface area contributed by atoms with Gasteiger partial charge in [-0.3, -0.25) is 0 Å². The first kappa shape index (κ1) is 13.1. The van der Waals surface area contributed by atoms with Gasteiger partial charge in [0.25, 0.3) is 0 Å². The van der Waals surface area contributed by atoms with Crippen molar-refractivity contribution in [2.45, 2.75) is 20.8 Å². The van der Waals surface area contributed by atoms with Gasteiger partial charge in [-0.25, -0.2) is 8.60 Å². The molecule has 2 nitrogen and oxygen atoms in total. The Morgan fingerprint density at radius 3 is 2.43 bits per heavy atom. The Bertz CT molecular complexity index is 315. The molecule has 4 heteroatoms. The quantitative estimate of drug-likeness (QED) is 0.811. The third-order valence-corrected chi connectivity index (χ3v) is 1.88. The molecule has 1 N–H and O–H groups in total. The van der Waals surface area contributed by atoms with E-state index in [9.17, 15) is 8.60 Å². The van der Waals surface area contributed by atoms with Crippen LogP contribution < -0.4 is 4.72 Å². The molecule has 1 unspecified atom stereocenters. The van der Waals surface area contributed by atoms with Gasteiger partial charge in [0.1, 0.15) is 16.8 Å². The van der Waals surface area contributed by atoms with Crippen LogP contribution >= 0.6 is 0 Å². The number of hydrogen-bond donors (Lipinski definition) is 1. The summed E-state index contributed by atoms with van der Waals surface area (Å²) >= 11 is 0. The predicted octanol–water partition coefficient (Wildman–Crippen LogP) is 2.87. The van der Waals surface area contributed by atoms with Crippen LogP contribution in [-0.2, 0) is 11.0 Å². The lowest BCUT2D eigenvalue weighted by molar-refractivity contribution is 0.631. The normalized spacial score (nSPS) is 11.2. The molecule has 80 valence electrons. The maximum atomic E-state index is 12.9. The lowest BCUT2D eigenvalue weighted by Gasteiger charge is -2.04. The molecule has 0 aromatic heterocycles. The molecule has 0 aliphatic carbocycles. The second-order valence-corrected chi connectivity index (χ2v) is 3.65.